The first kappa shape index (κ1) is 27.2. The van der Waals surface area contributed by atoms with Crippen LogP contribution in [0.2, 0.25) is 0 Å². The highest BCUT2D eigenvalue weighted by molar-refractivity contribution is 5.89. The molecule has 0 saturated carbocycles. The first-order valence-electron chi connectivity index (χ1n) is 14.0. The van der Waals surface area contributed by atoms with E-state index < -0.39 is 10.5 Å². The second kappa shape index (κ2) is 10.4. The molecule has 1 amide bonds. The van der Waals surface area contributed by atoms with Crippen molar-refractivity contribution in [1.82, 2.24) is 24.4 Å². The Labute approximate surface area is 237 Å². The lowest BCUT2D eigenvalue weighted by Gasteiger charge is -2.26. The summed E-state index contributed by atoms with van der Waals surface area (Å²) in [5.41, 5.74) is 1.56. The Morgan fingerprint density at radius 1 is 1.12 bits per heavy atom. The van der Waals surface area contributed by atoms with E-state index in [9.17, 15) is 14.9 Å². The maximum absolute atomic E-state index is 12.7. The van der Waals surface area contributed by atoms with Crippen LogP contribution in [-0.4, -0.2) is 80.9 Å². The molecular weight excluding hydrogens is 530 g/mol. The number of carbonyl (C=O) groups is 1. The first-order chi connectivity index (χ1) is 19.6. The number of rotatable bonds is 5. The lowest BCUT2D eigenvalue weighted by Crippen LogP contribution is -2.37. The molecule has 3 saturated heterocycles. The van der Waals surface area contributed by atoms with Crippen molar-refractivity contribution in [1.29, 1.82) is 0 Å². The number of nitro groups is 1. The third-order valence-electron chi connectivity index (χ3n) is 7.95. The van der Waals surface area contributed by atoms with Crippen molar-refractivity contribution in [3.8, 4) is 17.0 Å². The van der Waals surface area contributed by atoms with Gasteiger partial charge < -0.3 is 24.0 Å². The van der Waals surface area contributed by atoms with Crippen molar-refractivity contribution in [3.63, 3.8) is 0 Å². The summed E-state index contributed by atoms with van der Waals surface area (Å²) in [5.74, 6) is 1.23. The Hall–Kier alpha value is -4.00. The van der Waals surface area contributed by atoms with Crippen molar-refractivity contribution in [3.05, 3.63) is 34.6 Å². The molecule has 2 aromatic heterocycles. The summed E-state index contributed by atoms with van der Waals surface area (Å²) in [7, 11) is 1.41. The third-order valence-corrected chi connectivity index (χ3v) is 7.95. The average Bonchev–Trinajstić information content (AvgIpc) is 3.65. The van der Waals surface area contributed by atoms with Crippen molar-refractivity contribution in [2.45, 2.75) is 51.9 Å². The summed E-state index contributed by atoms with van der Waals surface area (Å²) in [6.45, 7) is 8.88. The Morgan fingerprint density at radius 2 is 1.88 bits per heavy atom. The van der Waals surface area contributed by atoms with Crippen LogP contribution in [-0.2, 0) is 9.47 Å². The van der Waals surface area contributed by atoms with Crippen LogP contribution in [0.25, 0.3) is 22.4 Å². The van der Waals surface area contributed by atoms with Crippen LogP contribution in [0.1, 0.15) is 46.3 Å². The normalized spacial score (nSPS) is 22.7. The zero-order valence-corrected chi connectivity index (χ0v) is 23.8. The van der Waals surface area contributed by atoms with E-state index in [-0.39, 0.29) is 35.6 Å². The van der Waals surface area contributed by atoms with Crippen molar-refractivity contribution >= 4 is 28.9 Å². The zero-order valence-electron chi connectivity index (χ0n) is 23.8. The number of nitro benzene ring substituents is 1. The highest BCUT2D eigenvalue weighted by Gasteiger charge is 2.43. The van der Waals surface area contributed by atoms with Crippen molar-refractivity contribution in [2.75, 3.05) is 44.8 Å². The van der Waals surface area contributed by atoms with Crippen molar-refractivity contribution in [2.24, 2.45) is 11.8 Å². The monoisotopic (exact) mass is 565 g/mol. The summed E-state index contributed by atoms with van der Waals surface area (Å²) < 4.78 is 18.8. The molecule has 3 aliphatic heterocycles. The molecular formula is C28H35N7O6. The Bertz CT molecular complexity index is 1460. The number of benzene rings is 1. The van der Waals surface area contributed by atoms with Gasteiger partial charge in [-0.2, -0.15) is 4.98 Å². The van der Waals surface area contributed by atoms with Gasteiger partial charge in [-0.25, -0.2) is 14.8 Å². The minimum atomic E-state index is -0.540. The number of likely N-dealkylation sites (tertiary alicyclic amines) is 1. The fraction of sp³-hybridized carbons (Fsp3) is 0.571. The van der Waals surface area contributed by atoms with Gasteiger partial charge in [-0.3, -0.25) is 14.7 Å². The highest BCUT2D eigenvalue weighted by atomic mass is 16.6. The largest absolute Gasteiger partial charge is 0.490 e. The van der Waals surface area contributed by atoms with Gasteiger partial charge in [-0.1, -0.05) is 0 Å². The van der Waals surface area contributed by atoms with Crippen LogP contribution >= 0.6 is 0 Å². The van der Waals surface area contributed by atoms with Gasteiger partial charge in [0.2, 0.25) is 5.95 Å². The van der Waals surface area contributed by atoms with Crippen LogP contribution in [0.15, 0.2) is 24.5 Å². The highest BCUT2D eigenvalue weighted by Crippen LogP contribution is 2.38. The van der Waals surface area contributed by atoms with E-state index in [4.69, 9.17) is 24.2 Å². The molecule has 3 aliphatic rings. The molecule has 0 N–H and O–H groups in total. The van der Waals surface area contributed by atoms with Gasteiger partial charge in [0.1, 0.15) is 23.0 Å². The fourth-order valence-corrected chi connectivity index (χ4v) is 6.01. The molecule has 218 valence electrons. The standard InChI is InChI=1S/C28H35N7O6/c1-28(2,3)41-27(36)33-14-18-12-32(13-19(18)15-33)26-30-23(17-8-9-21(39-4)20(11-17)35(37)38)24-25(31-26)34(16-29-24)22-7-5-6-10-40-22/h8-9,11,16,18-19,22H,5-7,10,12-15H2,1-4H3. The van der Waals surface area contributed by atoms with Crippen molar-refractivity contribution < 1.29 is 23.9 Å². The smallest absolute Gasteiger partial charge is 0.410 e. The molecule has 0 aliphatic carbocycles. The lowest BCUT2D eigenvalue weighted by atomic mass is 10.0. The van der Waals surface area contributed by atoms with E-state index >= 15 is 0 Å². The molecule has 3 atom stereocenters. The van der Waals surface area contributed by atoms with E-state index in [2.05, 4.69) is 9.88 Å². The molecule has 6 rings (SSSR count). The van der Waals surface area contributed by atoms with Crippen LogP contribution in [0.3, 0.4) is 0 Å². The van der Waals surface area contributed by atoms with Gasteiger partial charge in [-0.15, -0.1) is 0 Å². The molecule has 3 aromatic rings. The Kier molecular flexibility index (Phi) is 6.92. The number of aromatic nitrogens is 4. The lowest BCUT2D eigenvalue weighted by molar-refractivity contribution is -0.385. The predicted octanol–water partition coefficient (Wildman–Crippen LogP) is 4.41. The predicted molar refractivity (Wildman–Crippen MR) is 150 cm³/mol. The molecule has 13 nitrogen and oxygen atoms in total. The van der Waals surface area contributed by atoms with E-state index in [1.807, 2.05) is 25.3 Å². The molecule has 1 aromatic carbocycles. The SMILES string of the molecule is COc1ccc(-c2nc(N3CC4CN(C(=O)OC(C)(C)C)CC4C3)nc3c2ncn3C2CCCCO2)cc1[N+](=O)[O-]. The van der Waals surface area contributed by atoms with Crippen LogP contribution in [0.4, 0.5) is 16.4 Å². The average molecular weight is 566 g/mol. The number of anilines is 1. The van der Waals surface area contributed by atoms with Crippen LogP contribution in [0, 0.1) is 22.0 Å². The molecule has 0 radical (unpaired) electrons. The van der Waals surface area contributed by atoms with Gasteiger partial charge in [0, 0.05) is 56.3 Å². The molecule has 0 spiro atoms. The van der Waals surface area contributed by atoms with E-state index in [1.54, 1.807) is 23.4 Å². The zero-order chi connectivity index (χ0) is 28.9. The number of nitrogens with zero attached hydrogens (tertiary/aromatic N) is 7. The quantitative estimate of drug-likeness (QED) is 0.323. The summed E-state index contributed by atoms with van der Waals surface area (Å²) in [6, 6.07) is 4.80. The van der Waals surface area contributed by atoms with Gasteiger partial charge in [0.25, 0.3) is 0 Å². The van der Waals surface area contributed by atoms with Crippen LogP contribution in [0.5, 0.6) is 5.75 Å². The minimum absolute atomic E-state index is 0.147. The number of carbonyl (C=O) groups excluding carboxylic acids is 1. The van der Waals surface area contributed by atoms with Gasteiger partial charge in [0.15, 0.2) is 11.4 Å². The molecule has 3 unspecified atom stereocenters. The number of fused-ring (bicyclic) bond motifs is 2. The number of amides is 1. The number of ether oxygens (including phenoxy) is 3. The number of hydrogen-bond donors (Lipinski definition) is 0. The van der Waals surface area contributed by atoms with Gasteiger partial charge in [0.05, 0.1) is 18.4 Å². The summed E-state index contributed by atoms with van der Waals surface area (Å²) >= 11 is 0. The number of methoxy groups -OCH3 is 1. The molecule has 13 heteroatoms. The first-order valence-corrected chi connectivity index (χ1v) is 14.0. The Morgan fingerprint density at radius 3 is 2.51 bits per heavy atom. The molecule has 5 heterocycles. The van der Waals surface area contributed by atoms with E-state index in [0.717, 1.165) is 19.3 Å². The van der Waals surface area contributed by atoms with E-state index in [1.165, 1.54) is 13.2 Å². The van der Waals surface area contributed by atoms with Gasteiger partial charge in [-0.05, 0) is 52.2 Å². The second-order valence-corrected chi connectivity index (χ2v) is 12.0. The molecule has 0 bridgehead atoms. The van der Waals surface area contributed by atoms with Crippen LogP contribution < -0.4 is 9.64 Å². The molecule has 41 heavy (non-hydrogen) atoms. The maximum atomic E-state index is 12.7. The van der Waals surface area contributed by atoms with E-state index in [0.29, 0.717) is 61.2 Å². The third kappa shape index (κ3) is 5.25. The minimum Gasteiger partial charge on any atom is -0.490 e. The van der Waals surface area contributed by atoms with Gasteiger partial charge >= 0.3 is 11.8 Å². The summed E-state index contributed by atoms with van der Waals surface area (Å²) in [4.78, 5) is 42.5. The second-order valence-electron chi connectivity index (χ2n) is 12.0. The molecule has 3 fully saturated rings. The maximum Gasteiger partial charge on any atom is 0.410 e. The summed E-state index contributed by atoms with van der Waals surface area (Å²) in [6.07, 6.45) is 4.16. The Balaban J connectivity index is 1.35. The summed E-state index contributed by atoms with van der Waals surface area (Å²) in [5, 5.41) is 11.8. The fourth-order valence-electron chi connectivity index (χ4n) is 6.01. The number of hydrogen-bond acceptors (Lipinski definition) is 10. The topological polar surface area (TPSA) is 138 Å². The number of imidazole rings is 1.